The van der Waals surface area contributed by atoms with Gasteiger partial charge in [-0.25, -0.2) is 10.9 Å². The summed E-state index contributed by atoms with van der Waals surface area (Å²) >= 11 is 11.7. The van der Waals surface area contributed by atoms with Crippen LogP contribution in [0.3, 0.4) is 0 Å². The standard InChI is InChI=1S/C24H28Cl2N4O2/c1-17(19-9-13-21(25)14-10-19)27-29-23(31)7-5-3-4-6-8-24(32)30-28-18(2)20-11-15-22(26)16-12-20/h9-16H,3-8H2,1-2H3,(H,29,31)(H,30,32). The number of unbranched alkanes of at least 4 members (excludes halogenated alkanes) is 3. The van der Waals surface area contributed by atoms with E-state index in [-0.39, 0.29) is 11.8 Å². The summed E-state index contributed by atoms with van der Waals surface area (Å²) in [7, 11) is 0. The Bertz CT molecular complexity index is 875. The Morgan fingerprint density at radius 1 is 0.656 bits per heavy atom. The average molecular weight is 475 g/mol. The number of amides is 2. The lowest BCUT2D eigenvalue weighted by Crippen LogP contribution is -2.19. The quantitative estimate of drug-likeness (QED) is 0.248. The highest BCUT2D eigenvalue weighted by Gasteiger charge is 2.04. The van der Waals surface area contributed by atoms with Gasteiger partial charge in [0.05, 0.1) is 11.4 Å². The molecule has 2 N–H and O–H groups in total. The molecule has 0 heterocycles. The van der Waals surface area contributed by atoms with E-state index < -0.39 is 0 Å². The second-order valence-electron chi connectivity index (χ2n) is 7.39. The smallest absolute Gasteiger partial charge is 0.240 e. The number of carbonyl (C=O) groups excluding carboxylic acids is 2. The Morgan fingerprint density at radius 3 is 1.34 bits per heavy atom. The van der Waals surface area contributed by atoms with Crippen LogP contribution < -0.4 is 10.9 Å². The van der Waals surface area contributed by atoms with E-state index in [9.17, 15) is 9.59 Å². The van der Waals surface area contributed by atoms with Gasteiger partial charge in [0.2, 0.25) is 11.8 Å². The molecule has 0 radical (unpaired) electrons. The summed E-state index contributed by atoms with van der Waals surface area (Å²) in [6, 6.07) is 14.6. The van der Waals surface area contributed by atoms with E-state index in [0.29, 0.717) is 22.9 Å². The Labute approximate surface area is 199 Å². The van der Waals surface area contributed by atoms with E-state index in [0.717, 1.165) is 48.2 Å². The fourth-order valence-corrected chi connectivity index (χ4v) is 3.09. The topological polar surface area (TPSA) is 82.9 Å². The zero-order chi connectivity index (χ0) is 23.3. The van der Waals surface area contributed by atoms with Crippen molar-refractivity contribution in [2.45, 2.75) is 52.4 Å². The molecule has 0 atom stereocenters. The first-order chi connectivity index (χ1) is 15.3. The zero-order valence-electron chi connectivity index (χ0n) is 18.3. The van der Waals surface area contributed by atoms with Crippen LogP contribution in [0.4, 0.5) is 0 Å². The number of carbonyl (C=O) groups is 2. The zero-order valence-corrected chi connectivity index (χ0v) is 19.8. The molecule has 0 saturated heterocycles. The largest absolute Gasteiger partial charge is 0.273 e. The van der Waals surface area contributed by atoms with Crippen molar-refractivity contribution in [3.8, 4) is 0 Å². The van der Waals surface area contributed by atoms with Gasteiger partial charge in [-0.05, 0) is 62.1 Å². The highest BCUT2D eigenvalue weighted by molar-refractivity contribution is 6.31. The Balaban J connectivity index is 1.57. The summed E-state index contributed by atoms with van der Waals surface area (Å²) in [6.07, 6.45) is 4.03. The molecule has 32 heavy (non-hydrogen) atoms. The van der Waals surface area contributed by atoms with Crippen LogP contribution >= 0.6 is 23.2 Å². The third-order valence-electron chi connectivity index (χ3n) is 4.78. The Kier molecular flexibility index (Phi) is 10.9. The summed E-state index contributed by atoms with van der Waals surface area (Å²) < 4.78 is 0. The second kappa shape index (κ2) is 13.7. The van der Waals surface area contributed by atoms with Gasteiger partial charge in [0.25, 0.3) is 0 Å². The summed E-state index contributed by atoms with van der Waals surface area (Å²) in [5.74, 6) is -0.244. The highest BCUT2D eigenvalue weighted by Crippen LogP contribution is 2.11. The number of halogens is 2. The molecule has 8 heteroatoms. The number of nitrogens with one attached hydrogen (secondary N) is 2. The molecule has 2 aromatic rings. The maximum atomic E-state index is 11.9. The van der Waals surface area contributed by atoms with Crippen molar-refractivity contribution in [3.05, 3.63) is 69.7 Å². The van der Waals surface area contributed by atoms with Crippen LogP contribution in [-0.4, -0.2) is 23.2 Å². The maximum absolute atomic E-state index is 11.9. The molecule has 2 rings (SSSR count). The lowest BCUT2D eigenvalue weighted by Gasteiger charge is -2.04. The molecule has 2 aromatic carbocycles. The minimum absolute atomic E-state index is 0.122. The third kappa shape index (κ3) is 9.62. The fourth-order valence-electron chi connectivity index (χ4n) is 2.84. The number of nitrogens with zero attached hydrogens (tertiary/aromatic N) is 2. The number of hydrogen-bond donors (Lipinski definition) is 2. The van der Waals surface area contributed by atoms with E-state index >= 15 is 0 Å². The van der Waals surface area contributed by atoms with Crippen molar-refractivity contribution in [1.29, 1.82) is 0 Å². The molecule has 170 valence electrons. The average Bonchev–Trinajstić information content (AvgIpc) is 2.79. The van der Waals surface area contributed by atoms with Crippen LogP contribution in [0.15, 0.2) is 58.7 Å². The van der Waals surface area contributed by atoms with Crippen LogP contribution in [0.1, 0.15) is 63.5 Å². The summed E-state index contributed by atoms with van der Waals surface area (Å²) in [5, 5.41) is 9.56. The van der Waals surface area contributed by atoms with Gasteiger partial charge in [0.1, 0.15) is 0 Å². The molecule has 0 aromatic heterocycles. The highest BCUT2D eigenvalue weighted by atomic mass is 35.5. The van der Waals surface area contributed by atoms with Crippen LogP contribution in [0.2, 0.25) is 10.0 Å². The summed E-state index contributed by atoms with van der Waals surface area (Å²) in [5.41, 5.74) is 8.40. The minimum atomic E-state index is -0.122. The number of hydrogen-bond acceptors (Lipinski definition) is 4. The first kappa shape index (κ1) is 25.6. The van der Waals surface area contributed by atoms with Crippen LogP contribution in [0, 0.1) is 0 Å². The SMILES string of the molecule is CC(=NNC(=O)CCCCCCC(=O)NN=C(C)c1ccc(Cl)cc1)c1ccc(Cl)cc1. The molecule has 0 spiro atoms. The van der Waals surface area contributed by atoms with Crippen molar-refractivity contribution in [3.63, 3.8) is 0 Å². The van der Waals surface area contributed by atoms with Crippen molar-refractivity contribution in [2.24, 2.45) is 10.2 Å². The van der Waals surface area contributed by atoms with Crippen molar-refractivity contribution >= 4 is 46.4 Å². The molecule has 0 unspecified atom stereocenters. The molecule has 0 bridgehead atoms. The van der Waals surface area contributed by atoms with Gasteiger partial charge in [-0.15, -0.1) is 0 Å². The van der Waals surface area contributed by atoms with E-state index in [2.05, 4.69) is 21.1 Å². The van der Waals surface area contributed by atoms with Gasteiger partial charge >= 0.3 is 0 Å². The number of hydrazone groups is 2. The van der Waals surface area contributed by atoms with Gasteiger partial charge in [-0.3, -0.25) is 9.59 Å². The Morgan fingerprint density at radius 2 is 1.00 bits per heavy atom. The fraction of sp³-hybridized carbons (Fsp3) is 0.333. The summed E-state index contributed by atoms with van der Waals surface area (Å²) in [6.45, 7) is 3.66. The molecule has 0 fully saturated rings. The molecule has 0 aliphatic heterocycles. The summed E-state index contributed by atoms with van der Waals surface area (Å²) in [4.78, 5) is 23.9. The van der Waals surface area contributed by atoms with Gasteiger partial charge < -0.3 is 0 Å². The van der Waals surface area contributed by atoms with Crippen LogP contribution in [-0.2, 0) is 9.59 Å². The second-order valence-corrected chi connectivity index (χ2v) is 8.27. The first-order valence-corrected chi connectivity index (χ1v) is 11.3. The normalized spacial score (nSPS) is 11.9. The lowest BCUT2D eigenvalue weighted by molar-refractivity contribution is -0.122. The van der Waals surface area contributed by atoms with E-state index in [1.807, 2.05) is 38.1 Å². The van der Waals surface area contributed by atoms with Gasteiger partial charge in [-0.2, -0.15) is 10.2 Å². The molecular weight excluding hydrogens is 447 g/mol. The van der Waals surface area contributed by atoms with Gasteiger partial charge in [0.15, 0.2) is 0 Å². The van der Waals surface area contributed by atoms with E-state index in [1.165, 1.54) is 0 Å². The van der Waals surface area contributed by atoms with Crippen LogP contribution in [0.5, 0.6) is 0 Å². The minimum Gasteiger partial charge on any atom is -0.273 e. The molecular formula is C24H28Cl2N4O2. The van der Waals surface area contributed by atoms with Gasteiger partial charge in [0, 0.05) is 22.9 Å². The number of rotatable bonds is 11. The van der Waals surface area contributed by atoms with E-state index in [4.69, 9.17) is 23.2 Å². The monoisotopic (exact) mass is 474 g/mol. The molecule has 0 aliphatic carbocycles. The molecule has 0 saturated carbocycles. The van der Waals surface area contributed by atoms with Crippen molar-refractivity contribution < 1.29 is 9.59 Å². The predicted molar refractivity (Wildman–Crippen MR) is 131 cm³/mol. The van der Waals surface area contributed by atoms with Crippen LogP contribution in [0.25, 0.3) is 0 Å². The molecule has 6 nitrogen and oxygen atoms in total. The third-order valence-corrected chi connectivity index (χ3v) is 5.28. The van der Waals surface area contributed by atoms with Crippen molar-refractivity contribution in [1.82, 2.24) is 10.9 Å². The molecule has 2 amide bonds. The van der Waals surface area contributed by atoms with Gasteiger partial charge in [-0.1, -0.05) is 60.3 Å². The molecule has 0 aliphatic rings. The lowest BCUT2D eigenvalue weighted by atomic mass is 10.1. The number of benzene rings is 2. The Hall–Kier alpha value is -2.70. The first-order valence-electron chi connectivity index (χ1n) is 10.5. The predicted octanol–water partition coefficient (Wildman–Crippen LogP) is 5.71. The van der Waals surface area contributed by atoms with E-state index in [1.54, 1.807) is 24.3 Å². The maximum Gasteiger partial charge on any atom is 0.240 e. The van der Waals surface area contributed by atoms with Crippen molar-refractivity contribution in [2.75, 3.05) is 0 Å².